The van der Waals surface area contributed by atoms with E-state index in [1.54, 1.807) is 6.92 Å². The number of nitrogens with one attached hydrogen (secondary N) is 1. The van der Waals surface area contributed by atoms with Crippen molar-refractivity contribution >= 4 is 23.9 Å². The Kier molecular flexibility index (Phi) is 7.31. The zero-order chi connectivity index (χ0) is 24.9. The number of fused-ring (bicyclic) bond motifs is 3. The number of nitrogens with zero attached hydrogens (tertiary/aromatic N) is 1. The molecule has 2 N–H and O–H groups in total. The Morgan fingerprint density at radius 1 is 1.00 bits per heavy atom. The third kappa shape index (κ3) is 5.27. The topological polar surface area (TPSA) is 131 Å². The molecule has 2 amide bonds. The highest BCUT2D eigenvalue weighted by Gasteiger charge is 2.40. The molecule has 0 bridgehead atoms. The van der Waals surface area contributed by atoms with Gasteiger partial charge in [-0.05, 0) is 29.2 Å². The van der Waals surface area contributed by atoms with Gasteiger partial charge in [-0.15, -0.1) is 0 Å². The number of carbonyl (C=O) groups excluding carboxylic acids is 3. The number of likely N-dealkylation sites (tertiary alicyclic amines) is 1. The van der Waals surface area contributed by atoms with Crippen LogP contribution < -0.4 is 5.32 Å². The van der Waals surface area contributed by atoms with Gasteiger partial charge in [0.25, 0.3) is 5.91 Å². The van der Waals surface area contributed by atoms with Gasteiger partial charge in [0.15, 0.2) is 0 Å². The Bertz CT molecular complexity index is 1080. The molecule has 2 aromatic rings. The van der Waals surface area contributed by atoms with Crippen molar-refractivity contribution in [3.63, 3.8) is 0 Å². The molecule has 1 heterocycles. The maximum absolute atomic E-state index is 12.8. The molecule has 2 aliphatic rings. The molecule has 10 heteroatoms. The summed E-state index contributed by atoms with van der Waals surface area (Å²) in [6.07, 6.45) is -1.37. The Hall–Kier alpha value is -3.92. The molecular weight excluding hydrogens is 456 g/mol. The third-order valence-electron chi connectivity index (χ3n) is 5.98. The van der Waals surface area contributed by atoms with Crippen LogP contribution in [0, 0.1) is 0 Å². The molecule has 184 valence electrons. The van der Waals surface area contributed by atoms with E-state index in [1.807, 2.05) is 48.5 Å². The lowest BCUT2D eigenvalue weighted by Crippen LogP contribution is -2.62. The second-order valence-corrected chi connectivity index (χ2v) is 8.22. The van der Waals surface area contributed by atoms with E-state index in [2.05, 4.69) is 5.32 Å². The number of aliphatic carboxylic acids is 1. The van der Waals surface area contributed by atoms with E-state index in [0.717, 1.165) is 22.3 Å². The number of alkyl carbamates (subject to hydrolysis) is 1. The van der Waals surface area contributed by atoms with Crippen LogP contribution in [0.2, 0.25) is 0 Å². The fourth-order valence-corrected chi connectivity index (χ4v) is 4.30. The Labute approximate surface area is 201 Å². The molecule has 2 aromatic carbocycles. The fraction of sp³-hybridized carbons (Fsp3) is 0.360. The Morgan fingerprint density at radius 2 is 1.60 bits per heavy atom. The molecule has 1 unspecified atom stereocenters. The molecule has 1 fully saturated rings. The number of carboxylic acid groups (broad SMARTS) is 1. The number of carbonyl (C=O) groups is 4. The van der Waals surface area contributed by atoms with E-state index in [0.29, 0.717) is 0 Å². The highest BCUT2D eigenvalue weighted by Crippen LogP contribution is 2.44. The molecule has 0 saturated carbocycles. The van der Waals surface area contributed by atoms with E-state index in [4.69, 9.17) is 19.3 Å². The maximum Gasteiger partial charge on any atom is 0.408 e. The summed E-state index contributed by atoms with van der Waals surface area (Å²) in [7, 11) is 0. The lowest BCUT2D eigenvalue weighted by molar-refractivity contribution is -0.160. The van der Waals surface area contributed by atoms with Gasteiger partial charge in [0.1, 0.15) is 13.2 Å². The van der Waals surface area contributed by atoms with E-state index in [-0.39, 0.29) is 32.2 Å². The third-order valence-corrected chi connectivity index (χ3v) is 5.98. The number of carboxylic acids is 1. The van der Waals surface area contributed by atoms with Gasteiger partial charge in [0.05, 0.1) is 12.7 Å². The second-order valence-electron chi connectivity index (χ2n) is 8.22. The summed E-state index contributed by atoms with van der Waals surface area (Å²) in [4.78, 5) is 49.8. The lowest BCUT2D eigenvalue weighted by atomic mass is 9.98. The van der Waals surface area contributed by atoms with Crippen molar-refractivity contribution in [1.82, 2.24) is 10.2 Å². The van der Waals surface area contributed by atoms with Crippen molar-refractivity contribution < 1.29 is 38.5 Å². The molecule has 0 spiro atoms. The number of amides is 2. The van der Waals surface area contributed by atoms with Gasteiger partial charge in [-0.2, -0.15) is 0 Å². The number of rotatable bonds is 9. The number of hydrogen-bond acceptors (Lipinski definition) is 7. The van der Waals surface area contributed by atoms with Crippen molar-refractivity contribution in [3.8, 4) is 11.1 Å². The van der Waals surface area contributed by atoms with Crippen LogP contribution in [0.15, 0.2) is 48.5 Å². The Balaban J connectivity index is 1.38. The summed E-state index contributed by atoms with van der Waals surface area (Å²) in [5.41, 5.74) is 4.23. The van der Waals surface area contributed by atoms with Crippen molar-refractivity contribution in [1.29, 1.82) is 0 Å². The first kappa shape index (κ1) is 24.2. The summed E-state index contributed by atoms with van der Waals surface area (Å²) < 4.78 is 15.5. The molecule has 0 radical (unpaired) electrons. The predicted molar refractivity (Wildman–Crippen MR) is 123 cm³/mol. The number of ether oxygens (including phenoxy) is 3. The van der Waals surface area contributed by atoms with Gasteiger partial charge < -0.3 is 24.2 Å². The van der Waals surface area contributed by atoms with E-state index in [9.17, 15) is 19.2 Å². The normalized spacial score (nSPS) is 15.4. The van der Waals surface area contributed by atoms with E-state index >= 15 is 0 Å². The maximum atomic E-state index is 12.8. The molecule has 1 aliphatic carbocycles. The summed E-state index contributed by atoms with van der Waals surface area (Å²) in [6.45, 7) is 1.37. The minimum atomic E-state index is -1.58. The van der Waals surface area contributed by atoms with Gasteiger partial charge in [-0.3, -0.25) is 10.1 Å². The van der Waals surface area contributed by atoms with Crippen molar-refractivity contribution in [2.45, 2.75) is 25.0 Å². The molecule has 1 atom stereocenters. The predicted octanol–water partition coefficient (Wildman–Crippen LogP) is 1.77. The zero-order valence-electron chi connectivity index (χ0n) is 19.1. The van der Waals surface area contributed by atoms with Crippen LogP contribution in [-0.4, -0.2) is 79.0 Å². The molecule has 35 heavy (non-hydrogen) atoms. The minimum absolute atomic E-state index is 0.0262. The van der Waals surface area contributed by atoms with Gasteiger partial charge in [-0.25, -0.2) is 14.4 Å². The summed E-state index contributed by atoms with van der Waals surface area (Å²) in [5.74, 6) is -2.86. The average molecular weight is 482 g/mol. The van der Waals surface area contributed by atoms with Gasteiger partial charge >= 0.3 is 18.0 Å². The van der Waals surface area contributed by atoms with Crippen LogP contribution in [0.3, 0.4) is 0 Å². The van der Waals surface area contributed by atoms with Crippen LogP contribution in [-0.2, 0) is 28.6 Å². The van der Waals surface area contributed by atoms with Crippen molar-refractivity contribution in [3.05, 3.63) is 59.7 Å². The molecule has 1 aliphatic heterocycles. The van der Waals surface area contributed by atoms with Gasteiger partial charge in [0.2, 0.25) is 6.04 Å². The van der Waals surface area contributed by atoms with Crippen LogP contribution >= 0.6 is 0 Å². The van der Waals surface area contributed by atoms with Crippen molar-refractivity contribution in [2.75, 3.05) is 32.9 Å². The van der Waals surface area contributed by atoms with Crippen molar-refractivity contribution in [2.24, 2.45) is 0 Å². The smallest absolute Gasteiger partial charge is 0.408 e. The molecule has 0 aromatic heterocycles. The van der Waals surface area contributed by atoms with Crippen LogP contribution in [0.5, 0.6) is 0 Å². The summed E-state index contributed by atoms with van der Waals surface area (Å²) in [6, 6.07) is 14.2. The average Bonchev–Trinajstić information content (AvgIpc) is 3.13. The van der Waals surface area contributed by atoms with Crippen LogP contribution in [0.25, 0.3) is 11.1 Å². The van der Waals surface area contributed by atoms with E-state index < -0.39 is 42.7 Å². The zero-order valence-corrected chi connectivity index (χ0v) is 19.1. The first-order valence-corrected chi connectivity index (χ1v) is 11.3. The standard InChI is InChI=1S/C25H26N2O8/c1-2-33-24(31)22(23(30)27-11-15(12-27)34-14-21(28)29)26-25(32)35-13-20-18-9-5-3-7-16(18)17-8-4-6-10-19(17)20/h3-10,15,20,22H,2,11-14H2,1H3,(H,26,32)(H,28,29). The molecular formula is C25H26N2O8. The summed E-state index contributed by atoms with van der Waals surface area (Å²) >= 11 is 0. The van der Waals surface area contributed by atoms with E-state index in [1.165, 1.54) is 4.90 Å². The molecule has 1 saturated heterocycles. The number of benzene rings is 2. The molecule has 4 rings (SSSR count). The quantitative estimate of drug-likeness (QED) is 0.408. The number of hydrogen-bond donors (Lipinski definition) is 2. The highest BCUT2D eigenvalue weighted by atomic mass is 16.6. The summed E-state index contributed by atoms with van der Waals surface area (Å²) in [5, 5.41) is 11.0. The largest absolute Gasteiger partial charge is 0.480 e. The van der Waals surface area contributed by atoms with Crippen LogP contribution in [0.1, 0.15) is 24.0 Å². The molecule has 10 nitrogen and oxygen atoms in total. The highest BCUT2D eigenvalue weighted by molar-refractivity contribution is 6.04. The Morgan fingerprint density at radius 3 is 2.17 bits per heavy atom. The fourth-order valence-electron chi connectivity index (χ4n) is 4.30. The second kappa shape index (κ2) is 10.6. The van der Waals surface area contributed by atoms with Gasteiger partial charge in [-0.1, -0.05) is 48.5 Å². The first-order chi connectivity index (χ1) is 16.9. The minimum Gasteiger partial charge on any atom is -0.480 e. The SMILES string of the molecule is CCOC(=O)C(NC(=O)OCC1c2ccccc2-c2ccccc21)C(=O)N1CC(OCC(=O)O)C1. The first-order valence-electron chi connectivity index (χ1n) is 11.3. The number of esters is 1. The monoisotopic (exact) mass is 482 g/mol. The lowest BCUT2D eigenvalue weighted by Gasteiger charge is -2.39. The van der Waals surface area contributed by atoms with Crippen LogP contribution in [0.4, 0.5) is 4.79 Å². The van der Waals surface area contributed by atoms with Gasteiger partial charge in [0, 0.05) is 19.0 Å².